The van der Waals surface area contributed by atoms with E-state index in [1.165, 1.54) is 11.1 Å². The van der Waals surface area contributed by atoms with Crippen LogP contribution in [0.4, 0.5) is 0 Å². The van der Waals surface area contributed by atoms with Crippen molar-refractivity contribution in [3.63, 3.8) is 0 Å². The summed E-state index contributed by atoms with van der Waals surface area (Å²) in [5.74, 6) is 0. The van der Waals surface area contributed by atoms with Gasteiger partial charge in [-0.3, -0.25) is 15.0 Å². The average molecular weight is 320 g/mol. The van der Waals surface area contributed by atoms with Gasteiger partial charge in [0.15, 0.2) is 0 Å². The molecule has 4 nitrogen and oxygen atoms in total. The van der Waals surface area contributed by atoms with Crippen molar-refractivity contribution in [1.29, 1.82) is 0 Å². The molecular formula is C20H24N4. The second-order valence-corrected chi connectivity index (χ2v) is 6.35. The molecule has 1 atom stereocenters. The molecule has 0 saturated heterocycles. The maximum atomic E-state index is 4.40. The number of H-pyrrole nitrogens is 1. The lowest BCUT2D eigenvalue weighted by molar-refractivity contribution is 0.251. The number of nitrogens with zero attached hydrogens (tertiary/aromatic N) is 3. The number of pyridine rings is 1. The van der Waals surface area contributed by atoms with Gasteiger partial charge < -0.3 is 0 Å². The van der Waals surface area contributed by atoms with Crippen LogP contribution in [0.3, 0.4) is 0 Å². The summed E-state index contributed by atoms with van der Waals surface area (Å²) in [7, 11) is 2.16. The third-order valence-electron chi connectivity index (χ3n) is 4.61. The van der Waals surface area contributed by atoms with Crippen molar-refractivity contribution in [2.75, 3.05) is 7.05 Å². The molecule has 0 saturated carbocycles. The fourth-order valence-corrected chi connectivity index (χ4v) is 3.13. The van der Waals surface area contributed by atoms with Crippen LogP contribution >= 0.6 is 0 Å². The van der Waals surface area contributed by atoms with E-state index in [-0.39, 0.29) is 0 Å². The minimum absolute atomic E-state index is 0.319. The molecule has 0 amide bonds. The molecule has 1 aromatic carbocycles. The van der Waals surface area contributed by atoms with Gasteiger partial charge in [0.1, 0.15) is 0 Å². The van der Waals surface area contributed by atoms with Crippen LogP contribution in [0.15, 0.2) is 48.7 Å². The van der Waals surface area contributed by atoms with Gasteiger partial charge >= 0.3 is 0 Å². The smallest absolute Gasteiger partial charge is 0.0701 e. The van der Waals surface area contributed by atoms with E-state index in [0.29, 0.717) is 6.04 Å². The highest BCUT2D eigenvalue weighted by Crippen LogP contribution is 2.26. The Morgan fingerprint density at radius 2 is 1.83 bits per heavy atom. The summed E-state index contributed by atoms with van der Waals surface area (Å²) in [5.41, 5.74) is 6.98. The summed E-state index contributed by atoms with van der Waals surface area (Å²) in [6.07, 6.45) is 1.83. The van der Waals surface area contributed by atoms with E-state index in [1.807, 2.05) is 24.4 Å². The number of hydrogen-bond donors (Lipinski definition) is 1. The van der Waals surface area contributed by atoms with Gasteiger partial charge in [0.2, 0.25) is 0 Å². The summed E-state index contributed by atoms with van der Waals surface area (Å²) >= 11 is 0. The second-order valence-electron chi connectivity index (χ2n) is 6.35. The predicted molar refractivity (Wildman–Crippen MR) is 97.6 cm³/mol. The highest BCUT2D eigenvalue weighted by atomic mass is 15.2. The molecule has 0 aliphatic heterocycles. The van der Waals surface area contributed by atoms with Crippen LogP contribution in [0, 0.1) is 13.8 Å². The highest BCUT2D eigenvalue weighted by molar-refractivity contribution is 5.58. The number of hydrogen-bond acceptors (Lipinski definition) is 3. The summed E-state index contributed by atoms with van der Waals surface area (Å²) in [4.78, 5) is 6.75. The van der Waals surface area contributed by atoms with E-state index in [0.717, 1.165) is 29.2 Å². The van der Waals surface area contributed by atoms with Gasteiger partial charge in [-0.2, -0.15) is 5.10 Å². The first-order chi connectivity index (χ1) is 11.6. The lowest BCUT2D eigenvalue weighted by atomic mass is 10.0. The second kappa shape index (κ2) is 6.97. The molecule has 0 spiro atoms. The standard InChI is InChI=1S/C20H24N4/c1-14-20(15(2)23-22-14)16(3)24(4)13-17-8-10-18(11-9-17)19-7-5-6-12-21-19/h5-12,16H,13H2,1-4H3,(H,22,23)/t16-/m1/s1. The molecule has 0 unspecified atom stereocenters. The molecule has 124 valence electrons. The number of nitrogens with one attached hydrogen (secondary N) is 1. The van der Waals surface area contributed by atoms with Gasteiger partial charge in [-0.25, -0.2) is 0 Å². The topological polar surface area (TPSA) is 44.8 Å². The molecule has 3 rings (SSSR count). The van der Waals surface area contributed by atoms with Crippen molar-refractivity contribution in [3.05, 3.63) is 71.2 Å². The Labute approximate surface area is 143 Å². The Bertz CT molecular complexity index is 771. The maximum Gasteiger partial charge on any atom is 0.0701 e. The number of aromatic amines is 1. The van der Waals surface area contributed by atoms with Crippen molar-refractivity contribution >= 4 is 0 Å². The Morgan fingerprint density at radius 3 is 2.42 bits per heavy atom. The van der Waals surface area contributed by atoms with E-state index in [1.54, 1.807) is 0 Å². The Balaban J connectivity index is 1.72. The van der Waals surface area contributed by atoms with Crippen LogP contribution in [-0.2, 0) is 6.54 Å². The summed E-state index contributed by atoms with van der Waals surface area (Å²) < 4.78 is 0. The molecule has 2 aromatic heterocycles. The lowest BCUT2D eigenvalue weighted by Crippen LogP contribution is -2.22. The number of aryl methyl sites for hydroxylation is 2. The fourth-order valence-electron chi connectivity index (χ4n) is 3.13. The number of aromatic nitrogens is 3. The average Bonchev–Trinajstić information content (AvgIpc) is 2.94. The molecule has 1 N–H and O–H groups in total. The minimum Gasteiger partial charge on any atom is -0.295 e. The zero-order chi connectivity index (χ0) is 17.1. The van der Waals surface area contributed by atoms with Crippen LogP contribution in [0.2, 0.25) is 0 Å². The minimum atomic E-state index is 0.319. The first kappa shape index (κ1) is 16.4. The first-order valence-electron chi connectivity index (χ1n) is 8.28. The van der Waals surface area contributed by atoms with E-state index in [9.17, 15) is 0 Å². The van der Waals surface area contributed by atoms with Crippen molar-refractivity contribution in [3.8, 4) is 11.3 Å². The molecular weight excluding hydrogens is 296 g/mol. The van der Waals surface area contributed by atoms with E-state index < -0.39 is 0 Å². The van der Waals surface area contributed by atoms with Crippen molar-refractivity contribution in [1.82, 2.24) is 20.1 Å². The third kappa shape index (κ3) is 3.39. The van der Waals surface area contributed by atoms with Crippen molar-refractivity contribution < 1.29 is 0 Å². The molecule has 0 aliphatic rings. The first-order valence-corrected chi connectivity index (χ1v) is 8.28. The molecule has 0 bridgehead atoms. The van der Waals surface area contributed by atoms with Crippen molar-refractivity contribution in [2.45, 2.75) is 33.4 Å². The van der Waals surface area contributed by atoms with Crippen LogP contribution < -0.4 is 0 Å². The molecule has 0 fully saturated rings. The normalized spacial score (nSPS) is 12.5. The summed E-state index contributed by atoms with van der Waals surface area (Å²) in [5, 5.41) is 7.39. The highest BCUT2D eigenvalue weighted by Gasteiger charge is 2.18. The molecule has 0 aliphatic carbocycles. The van der Waals surface area contributed by atoms with Crippen LogP contribution in [0.25, 0.3) is 11.3 Å². The molecule has 4 heteroatoms. The van der Waals surface area contributed by atoms with Gasteiger partial charge in [0.05, 0.1) is 11.4 Å². The predicted octanol–water partition coefficient (Wildman–Crippen LogP) is 4.28. The Hall–Kier alpha value is -2.46. The van der Waals surface area contributed by atoms with Gasteiger partial charge in [0.25, 0.3) is 0 Å². The largest absolute Gasteiger partial charge is 0.295 e. The van der Waals surface area contributed by atoms with E-state index in [4.69, 9.17) is 0 Å². The number of rotatable bonds is 5. The zero-order valence-electron chi connectivity index (χ0n) is 14.7. The van der Waals surface area contributed by atoms with Gasteiger partial charge in [-0.05, 0) is 45.5 Å². The van der Waals surface area contributed by atoms with Gasteiger partial charge in [-0.1, -0.05) is 30.3 Å². The Kier molecular flexibility index (Phi) is 4.76. The van der Waals surface area contributed by atoms with Gasteiger partial charge in [0, 0.05) is 35.6 Å². The number of benzene rings is 1. The molecule has 2 heterocycles. The van der Waals surface area contributed by atoms with Crippen LogP contribution in [0.1, 0.15) is 35.5 Å². The SMILES string of the molecule is Cc1n[nH]c(C)c1[C@@H](C)N(C)Cc1ccc(-c2ccccn2)cc1. The Morgan fingerprint density at radius 1 is 1.08 bits per heavy atom. The fraction of sp³-hybridized carbons (Fsp3) is 0.300. The molecule has 0 radical (unpaired) electrons. The van der Waals surface area contributed by atoms with E-state index in [2.05, 4.69) is 72.2 Å². The summed E-state index contributed by atoms with van der Waals surface area (Å²) in [6.45, 7) is 7.27. The van der Waals surface area contributed by atoms with Crippen LogP contribution in [0.5, 0.6) is 0 Å². The third-order valence-corrected chi connectivity index (χ3v) is 4.61. The molecule has 3 aromatic rings. The van der Waals surface area contributed by atoms with Crippen LogP contribution in [-0.4, -0.2) is 27.1 Å². The summed E-state index contributed by atoms with van der Waals surface area (Å²) in [6, 6.07) is 15.0. The monoisotopic (exact) mass is 320 g/mol. The van der Waals surface area contributed by atoms with Gasteiger partial charge in [-0.15, -0.1) is 0 Å². The quantitative estimate of drug-likeness (QED) is 0.763. The lowest BCUT2D eigenvalue weighted by Gasteiger charge is -2.25. The van der Waals surface area contributed by atoms with Crippen molar-refractivity contribution in [2.24, 2.45) is 0 Å². The maximum absolute atomic E-state index is 4.40. The molecule has 24 heavy (non-hydrogen) atoms. The zero-order valence-corrected chi connectivity index (χ0v) is 14.7. The van der Waals surface area contributed by atoms with E-state index >= 15 is 0 Å².